The van der Waals surface area contributed by atoms with Crippen LogP contribution in [-0.4, -0.2) is 0 Å². The molecule has 258 valence electrons. The molecule has 0 N–H and O–H groups in total. The predicted octanol–water partition coefficient (Wildman–Crippen LogP) is 15.3. The van der Waals surface area contributed by atoms with Gasteiger partial charge in [-0.3, -0.25) is 0 Å². The van der Waals surface area contributed by atoms with Crippen molar-refractivity contribution in [2.24, 2.45) is 0 Å². The predicted molar refractivity (Wildman–Crippen MR) is 235 cm³/mol. The van der Waals surface area contributed by atoms with Crippen LogP contribution in [0.2, 0.25) is 0 Å². The molecular formula is C54H37N. The first kappa shape index (κ1) is 32.4. The summed E-state index contributed by atoms with van der Waals surface area (Å²) in [6, 6.07) is 81.4. The van der Waals surface area contributed by atoms with Crippen LogP contribution in [-0.2, 0) is 0 Å². The number of hydrogen-bond acceptors (Lipinski definition) is 1. The second-order valence-corrected chi connectivity index (χ2v) is 14.1. The molecule has 10 aromatic carbocycles. The van der Waals surface area contributed by atoms with Crippen LogP contribution in [0.5, 0.6) is 0 Å². The summed E-state index contributed by atoms with van der Waals surface area (Å²) in [5.41, 5.74) is 13.0. The fraction of sp³-hybridized carbons (Fsp3) is 0. The Hall–Kier alpha value is -7.22. The Morgan fingerprint density at radius 3 is 1.44 bits per heavy atom. The molecule has 10 rings (SSSR count). The SMILES string of the molecule is c1ccc(-c2cccc(-c3ccc(N(c4ccccc4)c4cccc(-c5cccc(-c6cc7c8ccccc8ccc7c7ccccc67)c5)c4)cc3)c2)cc1. The van der Waals surface area contributed by atoms with Crippen molar-refractivity contribution in [2.45, 2.75) is 0 Å². The lowest BCUT2D eigenvalue weighted by atomic mass is 9.90. The van der Waals surface area contributed by atoms with Crippen molar-refractivity contribution in [3.8, 4) is 44.5 Å². The standard InChI is InChI=1S/C54H37N/c1-3-14-38(15-4-1)41-17-11-18-42(34-41)39-28-31-47(32-29-39)55(46-22-5-2-6-23-46)48-24-13-20-44(36-48)43-19-12-21-45(35-43)53-37-54-49-25-8-7-16-40(49)30-33-52(54)50-26-9-10-27-51(50)53/h1-37H. The molecule has 1 heteroatoms. The summed E-state index contributed by atoms with van der Waals surface area (Å²) in [7, 11) is 0. The topological polar surface area (TPSA) is 3.24 Å². The number of anilines is 3. The van der Waals surface area contributed by atoms with Crippen molar-refractivity contribution < 1.29 is 0 Å². The molecule has 1 nitrogen and oxygen atoms in total. The molecule has 0 bridgehead atoms. The molecule has 0 heterocycles. The van der Waals surface area contributed by atoms with Crippen LogP contribution in [0, 0.1) is 0 Å². The fourth-order valence-corrected chi connectivity index (χ4v) is 8.13. The van der Waals surface area contributed by atoms with E-state index in [1.54, 1.807) is 0 Å². The van der Waals surface area contributed by atoms with Crippen molar-refractivity contribution >= 4 is 49.4 Å². The number of hydrogen-bond donors (Lipinski definition) is 0. The summed E-state index contributed by atoms with van der Waals surface area (Å²) >= 11 is 0. The maximum Gasteiger partial charge on any atom is 0.0467 e. The van der Waals surface area contributed by atoms with Gasteiger partial charge in [0.05, 0.1) is 0 Å². The van der Waals surface area contributed by atoms with Crippen molar-refractivity contribution in [2.75, 3.05) is 4.90 Å². The van der Waals surface area contributed by atoms with Gasteiger partial charge in [0.1, 0.15) is 0 Å². The second kappa shape index (κ2) is 14.0. The van der Waals surface area contributed by atoms with Gasteiger partial charge in [0.15, 0.2) is 0 Å². The van der Waals surface area contributed by atoms with E-state index in [0.29, 0.717) is 0 Å². The molecule has 10 aromatic rings. The van der Waals surface area contributed by atoms with Crippen LogP contribution in [0.1, 0.15) is 0 Å². The molecule has 0 fully saturated rings. The Morgan fingerprint density at radius 1 is 0.218 bits per heavy atom. The first-order valence-corrected chi connectivity index (χ1v) is 18.9. The largest absolute Gasteiger partial charge is 0.310 e. The fourth-order valence-electron chi connectivity index (χ4n) is 8.13. The molecule has 0 atom stereocenters. The van der Waals surface area contributed by atoms with Gasteiger partial charge in [0.25, 0.3) is 0 Å². The minimum Gasteiger partial charge on any atom is -0.310 e. The summed E-state index contributed by atoms with van der Waals surface area (Å²) in [5, 5.41) is 7.66. The highest BCUT2D eigenvalue weighted by molar-refractivity contribution is 6.21. The molecule has 0 aliphatic heterocycles. The molecule has 0 aromatic heterocycles. The summed E-state index contributed by atoms with van der Waals surface area (Å²) in [6.45, 7) is 0. The Morgan fingerprint density at radius 2 is 0.691 bits per heavy atom. The van der Waals surface area contributed by atoms with Gasteiger partial charge in [0, 0.05) is 17.1 Å². The van der Waals surface area contributed by atoms with E-state index in [1.807, 2.05) is 0 Å². The molecule has 0 radical (unpaired) electrons. The Balaban J connectivity index is 1.04. The smallest absolute Gasteiger partial charge is 0.0467 e. The zero-order valence-electron chi connectivity index (χ0n) is 30.3. The molecule has 0 saturated heterocycles. The lowest BCUT2D eigenvalue weighted by Gasteiger charge is -2.26. The average molecular weight is 700 g/mol. The first-order valence-electron chi connectivity index (χ1n) is 18.9. The lowest BCUT2D eigenvalue weighted by molar-refractivity contribution is 1.28. The average Bonchev–Trinajstić information content (AvgIpc) is 3.27. The van der Waals surface area contributed by atoms with E-state index in [-0.39, 0.29) is 0 Å². The summed E-state index contributed by atoms with van der Waals surface area (Å²) in [5.74, 6) is 0. The van der Waals surface area contributed by atoms with Crippen molar-refractivity contribution in [1.29, 1.82) is 0 Å². The van der Waals surface area contributed by atoms with Crippen LogP contribution in [0.4, 0.5) is 17.1 Å². The molecule has 55 heavy (non-hydrogen) atoms. The van der Waals surface area contributed by atoms with Gasteiger partial charge in [0.2, 0.25) is 0 Å². The summed E-state index contributed by atoms with van der Waals surface area (Å²) < 4.78 is 0. The van der Waals surface area contributed by atoms with Crippen molar-refractivity contribution in [3.05, 3.63) is 224 Å². The van der Waals surface area contributed by atoms with Gasteiger partial charge in [-0.2, -0.15) is 0 Å². The zero-order valence-corrected chi connectivity index (χ0v) is 30.3. The van der Waals surface area contributed by atoms with E-state index in [0.717, 1.165) is 17.1 Å². The summed E-state index contributed by atoms with van der Waals surface area (Å²) in [4.78, 5) is 2.35. The third-order valence-corrected chi connectivity index (χ3v) is 10.8. The minimum atomic E-state index is 1.11. The number of benzene rings is 10. The van der Waals surface area contributed by atoms with Gasteiger partial charge >= 0.3 is 0 Å². The maximum atomic E-state index is 2.40. The molecular weight excluding hydrogens is 663 g/mol. The Kier molecular flexibility index (Phi) is 8.24. The van der Waals surface area contributed by atoms with E-state index in [4.69, 9.17) is 0 Å². The molecule has 0 spiro atoms. The highest BCUT2D eigenvalue weighted by Gasteiger charge is 2.15. The quantitative estimate of drug-likeness (QED) is 0.150. The Labute approximate surface area is 322 Å². The molecule has 0 unspecified atom stereocenters. The van der Waals surface area contributed by atoms with E-state index in [2.05, 4.69) is 229 Å². The number of fused-ring (bicyclic) bond motifs is 5. The van der Waals surface area contributed by atoms with E-state index in [9.17, 15) is 0 Å². The van der Waals surface area contributed by atoms with E-state index < -0.39 is 0 Å². The van der Waals surface area contributed by atoms with Gasteiger partial charge in [-0.05, 0) is 131 Å². The van der Waals surface area contributed by atoms with E-state index >= 15 is 0 Å². The first-order chi connectivity index (χ1) is 27.3. The second-order valence-electron chi connectivity index (χ2n) is 14.1. The Bertz CT molecular complexity index is 2960. The number of rotatable bonds is 7. The van der Waals surface area contributed by atoms with Crippen LogP contribution in [0.15, 0.2) is 224 Å². The number of nitrogens with zero attached hydrogens (tertiary/aromatic N) is 1. The number of para-hydroxylation sites is 1. The molecule has 0 saturated carbocycles. The van der Waals surface area contributed by atoms with E-state index in [1.165, 1.54) is 76.8 Å². The zero-order chi connectivity index (χ0) is 36.6. The highest BCUT2D eigenvalue weighted by atomic mass is 15.1. The van der Waals surface area contributed by atoms with Crippen LogP contribution in [0.25, 0.3) is 76.8 Å². The van der Waals surface area contributed by atoms with Crippen molar-refractivity contribution in [1.82, 2.24) is 0 Å². The minimum absolute atomic E-state index is 1.11. The normalized spacial score (nSPS) is 11.3. The molecule has 0 amide bonds. The van der Waals surface area contributed by atoms with Crippen LogP contribution < -0.4 is 4.90 Å². The molecule has 0 aliphatic rings. The highest BCUT2D eigenvalue weighted by Crippen LogP contribution is 2.41. The van der Waals surface area contributed by atoms with Gasteiger partial charge in [-0.25, -0.2) is 0 Å². The van der Waals surface area contributed by atoms with Crippen LogP contribution >= 0.6 is 0 Å². The third kappa shape index (κ3) is 6.12. The molecule has 0 aliphatic carbocycles. The van der Waals surface area contributed by atoms with Crippen molar-refractivity contribution in [3.63, 3.8) is 0 Å². The maximum absolute atomic E-state index is 2.40. The third-order valence-electron chi connectivity index (χ3n) is 10.8. The monoisotopic (exact) mass is 699 g/mol. The van der Waals surface area contributed by atoms with Gasteiger partial charge in [-0.15, -0.1) is 0 Å². The van der Waals surface area contributed by atoms with Gasteiger partial charge < -0.3 is 4.90 Å². The van der Waals surface area contributed by atoms with Gasteiger partial charge in [-0.1, -0.05) is 170 Å². The van der Waals surface area contributed by atoms with Crippen LogP contribution in [0.3, 0.4) is 0 Å². The lowest BCUT2D eigenvalue weighted by Crippen LogP contribution is -2.09. The summed E-state index contributed by atoms with van der Waals surface area (Å²) in [6.07, 6.45) is 0.